The molecule has 1 saturated heterocycles. The maximum atomic E-state index is 12.9. The Bertz CT molecular complexity index is 830. The lowest BCUT2D eigenvalue weighted by Crippen LogP contribution is -2.49. The maximum Gasteiger partial charge on any atom is 0.244 e. The molecule has 2 heterocycles. The summed E-state index contributed by atoms with van der Waals surface area (Å²) in [6.45, 7) is 2.41. The number of carbonyl (C=O) groups is 1. The maximum absolute atomic E-state index is 12.9. The van der Waals surface area contributed by atoms with Gasteiger partial charge < -0.3 is 14.7 Å². The van der Waals surface area contributed by atoms with Gasteiger partial charge in [0.05, 0.1) is 17.6 Å². The van der Waals surface area contributed by atoms with E-state index < -0.39 is 10.0 Å². The molecule has 3 rings (SSSR count). The van der Waals surface area contributed by atoms with Gasteiger partial charge in [-0.05, 0) is 12.1 Å². The zero-order chi connectivity index (χ0) is 17.9. The van der Waals surface area contributed by atoms with Gasteiger partial charge in [-0.2, -0.15) is 4.31 Å². The fourth-order valence-electron chi connectivity index (χ4n) is 2.71. The number of hydrogen-bond acceptors (Lipinski definition) is 6. The predicted octanol–water partition coefficient (Wildman–Crippen LogP) is 0.394. The van der Waals surface area contributed by atoms with E-state index in [4.69, 9.17) is 4.52 Å². The first kappa shape index (κ1) is 17.6. The first-order chi connectivity index (χ1) is 12.0. The molecular weight excluding hydrogens is 344 g/mol. The average molecular weight is 364 g/mol. The van der Waals surface area contributed by atoms with Crippen molar-refractivity contribution in [3.05, 3.63) is 36.5 Å². The minimum atomic E-state index is -3.85. The second-order valence-electron chi connectivity index (χ2n) is 5.76. The van der Waals surface area contributed by atoms with Crippen LogP contribution >= 0.6 is 0 Å². The summed E-state index contributed by atoms with van der Waals surface area (Å²) < 4.78 is 32.1. The second kappa shape index (κ2) is 7.34. The SMILES string of the molecule is CN(CC(=O)N1CCNCC1)S(=O)(=O)c1ccccc1-c1ccno1. The molecule has 25 heavy (non-hydrogen) atoms. The minimum Gasteiger partial charge on any atom is -0.356 e. The number of likely N-dealkylation sites (N-methyl/N-ethyl adjacent to an activating group) is 1. The van der Waals surface area contributed by atoms with Crippen LogP contribution in [0.2, 0.25) is 0 Å². The van der Waals surface area contributed by atoms with Gasteiger partial charge in [0.25, 0.3) is 0 Å². The molecule has 9 heteroatoms. The molecule has 1 fully saturated rings. The summed E-state index contributed by atoms with van der Waals surface area (Å²) in [6, 6.07) is 8.11. The molecule has 1 N–H and O–H groups in total. The third-order valence-electron chi connectivity index (χ3n) is 4.11. The van der Waals surface area contributed by atoms with Crippen LogP contribution in [0.1, 0.15) is 0 Å². The lowest BCUT2D eigenvalue weighted by Gasteiger charge is -2.29. The monoisotopic (exact) mass is 364 g/mol. The first-order valence-corrected chi connectivity index (χ1v) is 9.39. The number of carbonyl (C=O) groups excluding carboxylic acids is 1. The summed E-state index contributed by atoms with van der Waals surface area (Å²) >= 11 is 0. The standard InChI is InChI=1S/C16H20N4O4S/c1-19(12-16(21)20-10-8-17-9-11-20)25(22,23)15-5-3-2-4-13(15)14-6-7-18-24-14/h2-7,17H,8-12H2,1H3. The summed E-state index contributed by atoms with van der Waals surface area (Å²) in [5.74, 6) is 0.158. The summed E-state index contributed by atoms with van der Waals surface area (Å²) in [5, 5.41) is 6.79. The zero-order valence-corrected chi connectivity index (χ0v) is 14.7. The molecule has 1 aliphatic rings. The van der Waals surface area contributed by atoms with Crippen LogP contribution < -0.4 is 5.32 Å². The molecule has 0 aliphatic carbocycles. The Kier molecular flexibility index (Phi) is 5.16. The van der Waals surface area contributed by atoms with Gasteiger partial charge in [-0.25, -0.2) is 8.42 Å². The van der Waals surface area contributed by atoms with Gasteiger partial charge in [-0.3, -0.25) is 4.79 Å². The van der Waals surface area contributed by atoms with Crippen LogP contribution in [0.3, 0.4) is 0 Å². The van der Waals surface area contributed by atoms with Crippen LogP contribution in [0.4, 0.5) is 0 Å². The summed E-state index contributed by atoms with van der Waals surface area (Å²) in [4.78, 5) is 14.1. The fraction of sp³-hybridized carbons (Fsp3) is 0.375. The Balaban J connectivity index is 1.83. The molecule has 0 radical (unpaired) electrons. The van der Waals surface area contributed by atoms with E-state index in [0.29, 0.717) is 24.4 Å². The number of nitrogens with zero attached hydrogens (tertiary/aromatic N) is 3. The Morgan fingerprint density at radius 3 is 2.68 bits per heavy atom. The zero-order valence-electron chi connectivity index (χ0n) is 13.9. The van der Waals surface area contributed by atoms with Crippen LogP contribution in [0.25, 0.3) is 11.3 Å². The van der Waals surface area contributed by atoms with Crippen LogP contribution in [-0.2, 0) is 14.8 Å². The molecule has 1 aliphatic heterocycles. The number of piperazine rings is 1. The van der Waals surface area contributed by atoms with E-state index in [1.54, 1.807) is 29.2 Å². The van der Waals surface area contributed by atoms with Crippen LogP contribution in [0.15, 0.2) is 45.9 Å². The number of rotatable bonds is 5. The van der Waals surface area contributed by atoms with Crippen LogP contribution in [0, 0.1) is 0 Å². The molecule has 0 saturated carbocycles. The van der Waals surface area contributed by atoms with E-state index >= 15 is 0 Å². The van der Waals surface area contributed by atoms with Crippen molar-refractivity contribution >= 4 is 15.9 Å². The smallest absolute Gasteiger partial charge is 0.244 e. The Morgan fingerprint density at radius 2 is 2.00 bits per heavy atom. The average Bonchev–Trinajstić information content (AvgIpc) is 3.17. The first-order valence-electron chi connectivity index (χ1n) is 7.95. The van der Waals surface area contributed by atoms with Crippen molar-refractivity contribution in [2.45, 2.75) is 4.90 Å². The number of benzene rings is 1. The second-order valence-corrected chi connectivity index (χ2v) is 7.78. The van der Waals surface area contributed by atoms with Gasteiger partial charge in [-0.1, -0.05) is 17.3 Å². The molecule has 2 aromatic rings. The summed E-state index contributed by atoms with van der Waals surface area (Å²) in [7, 11) is -2.44. The predicted molar refractivity (Wildman–Crippen MR) is 91.2 cm³/mol. The number of nitrogens with one attached hydrogen (secondary N) is 1. The van der Waals surface area contributed by atoms with Crippen molar-refractivity contribution in [1.29, 1.82) is 0 Å². The molecule has 0 spiro atoms. The van der Waals surface area contributed by atoms with Crippen molar-refractivity contribution in [2.24, 2.45) is 0 Å². The van der Waals surface area contributed by atoms with Gasteiger partial charge in [-0.15, -0.1) is 0 Å². The van der Waals surface area contributed by atoms with Crippen molar-refractivity contribution in [3.63, 3.8) is 0 Å². The largest absolute Gasteiger partial charge is 0.356 e. The lowest BCUT2D eigenvalue weighted by molar-refractivity contribution is -0.131. The van der Waals surface area contributed by atoms with E-state index in [9.17, 15) is 13.2 Å². The summed E-state index contributed by atoms with van der Waals surface area (Å²) in [6.07, 6.45) is 1.45. The van der Waals surface area contributed by atoms with E-state index in [0.717, 1.165) is 17.4 Å². The van der Waals surface area contributed by atoms with Gasteiger partial charge in [0.15, 0.2) is 5.76 Å². The molecular formula is C16H20N4O4S. The quantitative estimate of drug-likeness (QED) is 0.825. The van der Waals surface area contributed by atoms with Gasteiger partial charge in [0.2, 0.25) is 15.9 Å². The van der Waals surface area contributed by atoms with Crippen molar-refractivity contribution in [1.82, 2.24) is 19.7 Å². The van der Waals surface area contributed by atoms with Crippen LogP contribution in [-0.4, -0.2) is 68.5 Å². The molecule has 0 unspecified atom stereocenters. The van der Waals surface area contributed by atoms with Gasteiger partial charge in [0.1, 0.15) is 0 Å². The highest BCUT2D eigenvalue weighted by molar-refractivity contribution is 7.89. The number of amides is 1. The number of hydrogen-bond donors (Lipinski definition) is 1. The van der Waals surface area contributed by atoms with Crippen molar-refractivity contribution in [2.75, 3.05) is 39.8 Å². The topological polar surface area (TPSA) is 95.8 Å². The van der Waals surface area contributed by atoms with Crippen molar-refractivity contribution in [3.8, 4) is 11.3 Å². The Hall–Kier alpha value is -2.23. The Morgan fingerprint density at radius 1 is 1.28 bits per heavy atom. The normalized spacial score (nSPS) is 15.5. The highest BCUT2D eigenvalue weighted by Crippen LogP contribution is 2.28. The third kappa shape index (κ3) is 3.73. The highest BCUT2D eigenvalue weighted by Gasteiger charge is 2.28. The number of sulfonamides is 1. The lowest BCUT2D eigenvalue weighted by atomic mass is 10.2. The van der Waals surface area contributed by atoms with E-state index in [1.807, 2.05) is 0 Å². The van der Waals surface area contributed by atoms with Crippen molar-refractivity contribution < 1.29 is 17.7 Å². The van der Waals surface area contributed by atoms with Gasteiger partial charge >= 0.3 is 0 Å². The van der Waals surface area contributed by atoms with Crippen LogP contribution in [0.5, 0.6) is 0 Å². The molecule has 0 bridgehead atoms. The molecule has 0 atom stereocenters. The molecule has 1 aromatic carbocycles. The molecule has 1 aromatic heterocycles. The summed E-state index contributed by atoms with van der Waals surface area (Å²) in [5.41, 5.74) is 0.418. The minimum absolute atomic E-state index is 0.0855. The Labute approximate surface area is 146 Å². The molecule has 134 valence electrons. The highest BCUT2D eigenvalue weighted by atomic mass is 32.2. The van der Waals surface area contributed by atoms with E-state index in [-0.39, 0.29) is 17.3 Å². The molecule has 8 nitrogen and oxygen atoms in total. The fourth-order valence-corrected chi connectivity index (χ4v) is 4.02. The van der Waals surface area contributed by atoms with E-state index in [1.165, 1.54) is 19.3 Å². The van der Waals surface area contributed by atoms with E-state index in [2.05, 4.69) is 10.5 Å². The van der Waals surface area contributed by atoms with Gasteiger partial charge in [0, 0.05) is 44.9 Å². The number of aromatic nitrogens is 1. The molecule has 1 amide bonds. The third-order valence-corrected chi connectivity index (χ3v) is 5.97.